The van der Waals surface area contributed by atoms with E-state index in [0.29, 0.717) is 25.7 Å². The molecule has 19 heavy (non-hydrogen) atoms. The monoisotopic (exact) mass is 259 g/mol. The number of aliphatic carboxylic acids is 1. The molecule has 4 heteroatoms. The maximum Gasteiger partial charge on any atom is 0.314 e. The molecule has 0 spiro atoms. The fourth-order valence-corrected chi connectivity index (χ4v) is 3.26. The minimum atomic E-state index is -0.730. The highest BCUT2D eigenvalue weighted by Gasteiger charge is 2.47. The van der Waals surface area contributed by atoms with Crippen molar-refractivity contribution in [1.29, 1.82) is 0 Å². The highest BCUT2D eigenvalue weighted by atomic mass is 16.4. The summed E-state index contributed by atoms with van der Waals surface area (Å²) in [6, 6.07) is 5.70. The summed E-state index contributed by atoms with van der Waals surface area (Å²) in [6.07, 6.45) is 3.50. The standard InChI is InChI=1S/C15H17NO3/c1-16-12-5-2-4-11(10(12)6-7-13(16)17)15(14(18)19)8-3-9-15/h2,4-5H,3,6-9H2,1H3,(H,18,19). The highest BCUT2D eigenvalue weighted by Crippen LogP contribution is 2.47. The summed E-state index contributed by atoms with van der Waals surface area (Å²) in [6.45, 7) is 0. The van der Waals surface area contributed by atoms with Gasteiger partial charge in [-0.05, 0) is 36.5 Å². The first-order chi connectivity index (χ1) is 9.06. The molecule has 0 aromatic heterocycles. The van der Waals surface area contributed by atoms with Crippen molar-refractivity contribution in [3.8, 4) is 0 Å². The van der Waals surface area contributed by atoms with Gasteiger partial charge in [-0.2, -0.15) is 0 Å². The Morgan fingerprint density at radius 3 is 2.63 bits per heavy atom. The second-order valence-electron chi connectivity index (χ2n) is 5.50. The van der Waals surface area contributed by atoms with Crippen LogP contribution in [0.25, 0.3) is 0 Å². The van der Waals surface area contributed by atoms with Crippen molar-refractivity contribution >= 4 is 17.6 Å². The van der Waals surface area contributed by atoms with E-state index < -0.39 is 11.4 Å². The van der Waals surface area contributed by atoms with Gasteiger partial charge in [-0.25, -0.2) is 0 Å². The summed E-state index contributed by atoms with van der Waals surface area (Å²) in [7, 11) is 1.76. The number of carbonyl (C=O) groups excluding carboxylic acids is 1. The number of rotatable bonds is 2. The van der Waals surface area contributed by atoms with Gasteiger partial charge in [-0.3, -0.25) is 9.59 Å². The zero-order valence-corrected chi connectivity index (χ0v) is 11.0. The van der Waals surface area contributed by atoms with Crippen LogP contribution in [0, 0.1) is 0 Å². The molecule has 1 saturated carbocycles. The molecule has 1 amide bonds. The quantitative estimate of drug-likeness (QED) is 0.884. The number of carboxylic acids is 1. The van der Waals surface area contributed by atoms with Crippen LogP contribution in [0.2, 0.25) is 0 Å². The topological polar surface area (TPSA) is 57.6 Å². The van der Waals surface area contributed by atoms with Gasteiger partial charge in [-0.15, -0.1) is 0 Å². The van der Waals surface area contributed by atoms with Crippen LogP contribution in [0.1, 0.15) is 36.8 Å². The third-order valence-corrected chi connectivity index (χ3v) is 4.61. The minimum absolute atomic E-state index is 0.0997. The van der Waals surface area contributed by atoms with E-state index in [1.165, 1.54) is 0 Å². The minimum Gasteiger partial charge on any atom is -0.481 e. The van der Waals surface area contributed by atoms with Gasteiger partial charge in [0.2, 0.25) is 5.91 Å². The van der Waals surface area contributed by atoms with E-state index in [9.17, 15) is 14.7 Å². The number of carbonyl (C=O) groups is 2. The first-order valence-corrected chi connectivity index (χ1v) is 6.68. The molecule has 0 bridgehead atoms. The zero-order chi connectivity index (χ0) is 13.6. The van der Waals surface area contributed by atoms with Crippen molar-refractivity contribution in [2.45, 2.75) is 37.5 Å². The average molecular weight is 259 g/mol. The summed E-state index contributed by atoms with van der Waals surface area (Å²) in [5.41, 5.74) is 2.13. The van der Waals surface area contributed by atoms with Gasteiger partial charge < -0.3 is 10.0 Å². The van der Waals surface area contributed by atoms with Crippen molar-refractivity contribution in [2.75, 3.05) is 11.9 Å². The lowest BCUT2D eigenvalue weighted by Gasteiger charge is -2.41. The van der Waals surface area contributed by atoms with Crippen LogP contribution >= 0.6 is 0 Å². The number of nitrogens with zero attached hydrogens (tertiary/aromatic N) is 1. The Balaban J connectivity index is 2.14. The van der Waals surface area contributed by atoms with Crippen LogP contribution in [0.3, 0.4) is 0 Å². The van der Waals surface area contributed by atoms with Crippen LogP contribution < -0.4 is 4.90 Å². The molecular weight excluding hydrogens is 242 g/mol. The molecule has 4 nitrogen and oxygen atoms in total. The van der Waals surface area contributed by atoms with Gasteiger partial charge in [0.05, 0.1) is 5.41 Å². The highest BCUT2D eigenvalue weighted by molar-refractivity contribution is 5.97. The summed E-state index contributed by atoms with van der Waals surface area (Å²) < 4.78 is 0. The van der Waals surface area contributed by atoms with Crippen LogP contribution in [0.15, 0.2) is 18.2 Å². The Bertz CT molecular complexity index is 561. The summed E-state index contributed by atoms with van der Waals surface area (Å²) in [5.74, 6) is -0.630. The normalized spacial score (nSPS) is 20.7. The van der Waals surface area contributed by atoms with E-state index >= 15 is 0 Å². The van der Waals surface area contributed by atoms with Gasteiger partial charge >= 0.3 is 5.97 Å². The number of fused-ring (bicyclic) bond motifs is 1. The Hall–Kier alpha value is -1.84. The van der Waals surface area contributed by atoms with Crippen molar-refractivity contribution in [3.63, 3.8) is 0 Å². The average Bonchev–Trinajstić information content (AvgIpc) is 2.32. The zero-order valence-electron chi connectivity index (χ0n) is 11.0. The van der Waals surface area contributed by atoms with E-state index in [-0.39, 0.29) is 5.91 Å². The van der Waals surface area contributed by atoms with Crippen molar-refractivity contribution in [1.82, 2.24) is 0 Å². The number of benzene rings is 1. The Morgan fingerprint density at radius 2 is 2.05 bits per heavy atom. The molecule has 0 atom stereocenters. The van der Waals surface area contributed by atoms with Crippen LogP contribution in [0.5, 0.6) is 0 Å². The summed E-state index contributed by atoms with van der Waals surface area (Å²) >= 11 is 0. The lowest BCUT2D eigenvalue weighted by atomic mass is 9.62. The lowest BCUT2D eigenvalue weighted by molar-refractivity contribution is -0.147. The third kappa shape index (κ3) is 1.59. The van der Waals surface area contributed by atoms with Crippen molar-refractivity contribution in [2.24, 2.45) is 0 Å². The summed E-state index contributed by atoms with van der Waals surface area (Å²) in [5, 5.41) is 9.58. The van der Waals surface area contributed by atoms with E-state index in [2.05, 4.69) is 0 Å². The van der Waals surface area contributed by atoms with E-state index in [4.69, 9.17) is 0 Å². The Morgan fingerprint density at radius 1 is 1.32 bits per heavy atom. The van der Waals surface area contributed by atoms with E-state index in [0.717, 1.165) is 23.2 Å². The number of hydrogen-bond acceptors (Lipinski definition) is 2. The van der Waals surface area contributed by atoms with E-state index in [1.807, 2.05) is 18.2 Å². The van der Waals surface area contributed by atoms with E-state index in [1.54, 1.807) is 11.9 Å². The van der Waals surface area contributed by atoms with Crippen molar-refractivity contribution < 1.29 is 14.7 Å². The molecule has 0 radical (unpaired) electrons. The molecule has 100 valence electrons. The number of carboxylic acid groups (broad SMARTS) is 1. The van der Waals surface area contributed by atoms with Gasteiger partial charge in [0.1, 0.15) is 0 Å². The number of amides is 1. The smallest absolute Gasteiger partial charge is 0.314 e. The number of hydrogen-bond donors (Lipinski definition) is 1. The predicted molar refractivity (Wildman–Crippen MR) is 71.3 cm³/mol. The predicted octanol–water partition coefficient (Wildman–Crippen LogP) is 2.10. The lowest BCUT2D eigenvalue weighted by Crippen LogP contribution is -2.44. The molecule has 1 fully saturated rings. The molecule has 1 aliphatic carbocycles. The molecule has 1 aromatic rings. The molecule has 1 aromatic carbocycles. The maximum atomic E-state index is 11.7. The van der Waals surface area contributed by atoms with Crippen molar-refractivity contribution in [3.05, 3.63) is 29.3 Å². The van der Waals surface area contributed by atoms with Gasteiger partial charge in [0.15, 0.2) is 0 Å². The van der Waals surface area contributed by atoms with Gasteiger partial charge in [-0.1, -0.05) is 18.6 Å². The van der Waals surface area contributed by atoms with Crippen LogP contribution in [-0.2, 0) is 21.4 Å². The molecule has 1 heterocycles. The SMILES string of the molecule is CN1C(=O)CCc2c1cccc2C1(C(=O)O)CCC1. The second-order valence-corrected chi connectivity index (χ2v) is 5.50. The fourth-order valence-electron chi connectivity index (χ4n) is 3.26. The molecular formula is C15H17NO3. The molecule has 0 saturated heterocycles. The number of anilines is 1. The first-order valence-electron chi connectivity index (χ1n) is 6.68. The van der Waals surface area contributed by atoms with Crippen LogP contribution in [-0.4, -0.2) is 24.0 Å². The third-order valence-electron chi connectivity index (χ3n) is 4.61. The largest absolute Gasteiger partial charge is 0.481 e. The molecule has 1 N–H and O–H groups in total. The molecule has 0 unspecified atom stereocenters. The fraction of sp³-hybridized carbons (Fsp3) is 0.467. The van der Waals surface area contributed by atoms with Gasteiger partial charge in [0, 0.05) is 19.2 Å². The Kier molecular flexibility index (Phi) is 2.62. The van der Waals surface area contributed by atoms with Gasteiger partial charge in [0.25, 0.3) is 0 Å². The maximum absolute atomic E-state index is 11.7. The molecule has 3 rings (SSSR count). The Labute approximate surface area is 112 Å². The summed E-state index contributed by atoms with van der Waals surface area (Å²) in [4.78, 5) is 25.0. The molecule has 2 aliphatic rings. The second kappa shape index (κ2) is 4.08. The van der Waals surface area contributed by atoms with Crippen LogP contribution in [0.4, 0.5) is 5.69 Å². The first kappa shape index (κ1) is 12.2. The molecule has 1 aliphatic heterocycles.